The molecule has 1 N–H and O–H groups in total. The average molecular weight is 389 g/mol. The van der Waals surface area contributed by atoms with Crippen molar-refractivity contribution < 1.29 is 14.3 Å². The molecule has 0 spiro atoms. The first-order valence-corrected chi connectivity index (χ1v) is 8.50. The van der Waals surface area contributed by atoms with Crippen molar-refractivity contribution in [2.75, 3.05) is 12.4 Å². The first-order valence-electron chi connectivity index (χ1n) is 7.68. The first kappa shape index (κ1) is 18.5. The van der Waals surface area contributed by atoms with Gasteiger partial charge in [-0.2, -0.15) is 0 Å². The highest BCUT2D eigenvalue weighted by atomic mass is 32.1. The van der Waals surface area contributed by atoms with Crippen LogP contribution in [0.5, 0.6) is 0 Å². The molecule has 0 atom stereocenters. The molecule has 3 aromatic rings. The molecule has 11 heteroatoms. The third-order valence-electron chi connectivity index (χ3n) is 3.92. The van der Waals surface area contributed by atoms with E-state index in [1.54, 1.807) is 6.92 Å². The van der Waals surface area contributed by atoms with E-state index in [9.17, 15) is 19.2 Å². The minimum absolute atomic E-state index is 0.00164. The van der Waals surface area contributed by atoms with E-state index in [2.05, 4.69) is 20.0 Å². The van der Waals surface area contributed by atoms with E-state index in [1.165, 1.54) is 37.9 Å². The predicted molar refractivity (Wildman–Crippen MR) is 98.4 cm³/mol. The van der Waals surface area contributed by atoms with Crippen molar-refractivity contribution in [3.63, 3.8) is 0 Å². The van der Waals surface area contributed by atoms with E-state index >= 15 is 0 Å². The normalized spacial score (nSPS) is 10.8. The summed E-state index contributed by atoms with van der Waals surface area (Å²) in [5, 5.41) is 2.97. The number of aromatic nitrogens is 4. The first-order chi connectivity index (χ1) is 12.7. The Balaban J connectivity index is 1.99. The lowest BCUT2D eigenvalue weighted by Crippen LogP contribution is -2.37. The number of methoxy groups -OCH3 is 1. The Bertz CT molecular complexity index is 1210. The number of amides is 1. The zero-order valence-corrected chi connectivity index (χ0v) is 15.7. The van der Waals surface area contributed by atoms with E-state index < -0.39 is 23.1 Å². The number of hydrogen-bond acceptors (Lipinski definition) is 8. The molecule has 0 fully saturated rings. The van der Waals surface area contributed by atoms with Crippen LogP contribution < -0.4 is 16.6 Å². The van der Waals surface area contributed by atoms with Crippen molar-refractivity contribution in [3.8, 4) is 0 Å². The minimum atomic E-state index is -0.588. The Morgan fingerprint density at radius 3 is 2.52 bits per heavy atom. The van der Waals surface area contributed by atoms with Crippen LogP contribution in [0.4, 0.5) is 5.13 Å². The quantitative estimate of drug-likeness (QED) is 0.644. The highest BCUT2D eigenvalue weighted by Crippen LogP contribution is 2.23. The van der Waals surface area contributed by atoms with Gasteiger partial charge in [0.25, 0.3) is 11.5 Å². The van der Waals surface area contributed by atoms with E-state index in [1.807, 2.05) is 0 Å². The molecular weight excluding hydrogens is 374 g/mol. The predicted octanol–water partition coefficient (Wildman–Crippen LogP) is 0.436. The molecule has 0 unspecified atom stereocenters. The fourth-order valence-electron chi connectivity index (χ4n) is 2.47. The summed E-state index contributed by atoms with van der Waals surface area (Å²) >= 11 is 0.975. The number of carbonyl (C=O) groups is 2. The van der Waals surface area contributed by atoms with Crippen LogP contribution in [-0.2, 0) is 18.8 Å². The number of aryl methyl sites for hydroxylation is 2. The van der Waals surface area contributed by atoms with E-state index in [0.29, 0.717) is 5.69 Å². The van der Waals surface area contributed by atoms with Crippen LogP contribution in [0.15, 0.2) is 21.7 Å². The number of anilines is 1. The fraction of sp³-hybridized carbons (Fsp3) is 0.250. The van der Waals surface area contributed by atoms with Gasteiger partial charge in [0.15, 0.2) is 5.13 Å². The Labute approximate surface area is 156 Å². The highest BCUT2D eigenvalue weighted by molar-refractivity contribution is 7.17. The third-order valence-corrected chi connectivity index (χ3v) is 4.98. The molecule has 3 rings (SSSR count). The van der Waals surface area contributed by atoms with Crippen molar-refractivity contribution in [1.29, 1.82) is 0 Å². The number of rotatable bonds is 3. The SMILES string of the molecule is COC(=O)c1sc(NC(=O)c2ccc3c(=O)n(C)c(=O)n(C)c3n2)nc1C. The lowest BCUT2D eigenvalue weighted by molar-refractivity contribution is 0.0605. The molecule has 10 nitrogen and oxygen atoms in total. The maximum atomic E-state index is 12.5. The summed E-state index contributed by atoms with van der Waals surface area (Å²) in [6.07, 6.45) is 0. The zero-order valence-electron chi connectivity index (χ0n) is 14.9. The number of fused-ring (bicyclic) bond motifs is 1. The second-order valence-corrected chi connectivity index (χ2v) is 6.65. The van der Waals surface area contributed by atoms with Gasteiger partial charge in [-0.15, -0.1) is 0 Å². The number of nitrogens with one attached hydrogen (secondary N) is 1. The third kappa shape index (κ3) is 3.12. The Hall–Kier alpha value is -3.34. The van der Waals surface area contributed by atoms with Crippen LogP contribution >= 0.6 is 11.3 Å². The van der Waals surface area contributed by atoms with Gasteiger partial charge in [0.05, 0.1) is 18.2 Å². The summed E-state index contributed by atoms with van der Waals surface area (Å²) in [7, 11) is 4.09. The number of thiazole rings is 1. The Kier molecular flexibility index (Phi) is 4.62. The van der Waals surface area contributed by atoms with Gasteiger partial charge < -0.3 is 4.74 Å². The van der Waals surface area contributed by atoms with Gasteiger partial charge in [0.2, 0.25) is 0 Å². The standard InChI is InChI=1S/C16H15N5O5S/c1-7-10(14(24)26-4)27-15(17-7)19-12(22)9-6-5-8-11(18-9)20(2)16(25)21(3)13(8)23/h5-6H,1-4H3,(H,17,19,22). The molecule has 3 heterocycles. The van der Waals surface area contributed by atoms with Gasteiger partial charge in [0.1, 0.15) is 16.2 Å². The molecule has 0 bridgehead atoms. The zero-order chi connectivity index (χ0) is 19.9. The van der Waals surface area contributed by atoms with Gasteiger partial charge in [0, 0.05) is 14.1 Å². The van der Waals surface area contributed by atoms with Crippen molar-refractivity contribution in [2.45, 2.75) is 6.92 Å². The smallest absolute Gasteiger partial charge is 0.350 e. The second kappa shape index (κ2) is 6.76. The fourth-order valence-corrected chi connectivity index (χ4v) is 3.35. The van der Waals surface area contributed by atoms with Gasteiger partial charge >= 0.3 is 11.7 Å². The topological polar surface area (TPSA) is 125 Å². The number of hydrogen-bond donors (Lipinski definition) is 1. The van der Waals surface area contributed by atoms with Crippen LogP contribution in [0.25, 0.3) is 11.0 Å². The number of carbonyl (C=O) groups excluding carboxylic acids is 2. The van der Waals surface area contributed by atoms with Gasteiger partial charge in [-0.1, -0.05) is 11.3 Å². The summed E-state index contributed by atoms with van der Waals surface area (Å²) in [5.41, 5.74) is -0.513. The van der Waals surface area contributed by atoms with Crippen LogP contribution in [0.3, 0.4) is 0 Å². The molecule has 1 amide bonds. The average Bonchev–Trinajstić information content (AvgIpc) is 3.03. The summed E-state index contributed by atoms with van der Waals surface area (Å²) in [6, 6.07) is 2.82. The molecule has 0 aliphatic carbocycles. The molecule has 0 radical (unpaired) electrons. The maximum Gasteiger partial charge on any atom is 0.350 e. The van der Waals surface area contributed by atoms with Crippen LogP contribution in [0.1, 0.15) is 25.9 Å². The van der Waals surface area contributed by atoms with Crippen LogP contribution in [0.2, 0.25) is 0 Å². The largest absolute Gasteiger partial charge is 0.465 e. The van der Waals surface area contributed by atoms with Gasteiger partial charge in [-0.25, -0.2) is 19.6 Å². The molecule has 3 aromatic heterocycles. The molecule has 27 heavy (non-hydrogen) atoms. The van der Waals surface area contributed by atoms with Gasteiger partial charge in [-0.3, -0.25) is 24.0 Å². The van der Waals surface area contributed by atoms with Crippen molar-refractivity contribution in [2.24, 2.45) is 14.1 Å². The summed E-state index contributed by atoms with van der Waals surface area (Å²) in [6.45, 7) is 1.62. The Morgan fingerprint density at radius 1 is 1.15 bits per heavy atom. The van der Waals surface area contributed by atoms with Crippen LogP contribution in [-0.4, -0.2) is 38.1 Å². The van der Waals surface area contributed by atoms with E-state index in [-0.39, 0.29) is 26.7 Å². The number of nitrogens with zero attached hydrogens (tertiary/aromatic N) is 4. The van der Waals surface area contributed by atoms with Crippen LogP contribution in [0, 0.1) is 6.92 Å². The molecule has 0 aliphatic heterocycles. The molecular formula is C16H15N5O5S. The summed E-state index contributed by atoms with van der Waals surface area (Å²) < 4.78 is 6.82. The summed E-state index contributed by atoms with van der Waals surface area (Å²) in [4.78, 5) is 56.8. The number of ether oxygens (including phenoxy) is 1. The minimum Gasteiger partial charge on any atom is -0.465 e. The lowest BCUT2D eigenvalue weighted by atomic mass is 10.2. The van der Waals surface area contributed by atoms with Crippen molar-refractivity contribution in [3.05, 3.63) is 49.2 Å². The van der Waals surface area contributed by atoms with Gasteiger partial charge in [-0.05, 0) is 19.1 Å². The highest BCUT2D eigenvalue weighted by Gasteiger charge is 2.19. The van der Waals surface area contributed by atoms with E-state index in [4.69, 9.17) is 0 Å². The molecule has 140 valence electrons. The Morgan fingerprint density at radius 2 is 1.85 bits per heavy atom. The molecule has 0 saturated heterocycles. The molecule has 0 aliphatic rings. The lowest BCUT2D eigenvalue weighted by Gasteiger charge is -2.08. The maximum absolute atomic E-state index is 12.5. The summed E-state index contributed by atoms with van der Waals surface area (Å²) in [5.74, 6) is -1.13. The number of esters is 1. The monoisotopic (exact) mass is 389 g/mol. The molecule has 0 aromatic carbocycles. The second-order valence-electron chi connectivity index (χ2n) is 5.65. The van der Waals surface area contributed by atoms with E-state index in [0.717, 1.165) is 15.9 Å². The molecule has 0 saturated carbocycles. The van der Waals surface area contributed by atoms with Crippen molar-refractivity contribution in [1.82, 2.24) is 19.1 Å². The number of pyridine rings is 1. The van der Waals surface area contributed by atoms with Crippen molar-refractivity contribution >= 4 is 39.4 Å².